The highest BCUT2D eigenvalue weighted by molar-refractivity contribution is 6.30. The predicted octanol–water partition coefficient (Wildman–Crippen LogP) is 4.00. The van der Waals surface area contributed by atoms with Crippen LogP contribution in [0.2, 0.25) is 5.02 Å². The molecule has 7 nitrogen and oxygen atoms in total. The number of rotatable bonds is 7. The summed E-state index contributed by atoms with van der Waals surface area (Å²) in [6.07, 6.45) is 1.54. The molecule has 2 aromatic heterocycles. The molecule has 2 aromatic carbocycles. The van der Waals surface area contributed by atoms with Crippen LogP contribution in [0.5, 0.6) is 11.6 Å². The van der Waals surface area contributed by atoms with Crippen LogP contribution in [0.25, 0.3) is 11.0 Å². The normalized spacial score (nSPS) is 11.0. The summed E-state index contributed by atoms with van der Waals surface area (Å²) >= 11 is 5.85. The monoisotopic (exact) mass is 423 g/mol. The molecule has 0 amide bonds. The molecule has 0 saturated heterocycles. The van der Waals surface area contributed by atoms with Crippen molar-refractivity contribution < 1.29 is 9.84 Å². The Morgan fingerprint density at radius 1 is 1.13 bits per heavy atom. The van der Waals surface area contributed by atoms with E-state index in [1.165, 1.54) is 0 Å². The average molecular weight is 424 g/mol. The Bertz CT molecular complexity index is 1140. The van der Waals surface area contributed by atoms with Gasteiger partial charge in [0.1, 0.15) is 5.75 Å². The standard InChI is InChI=1S/C22H22ClN5O2/c1-27-20-12-17(24)5-8-19(20)26-22(27)28(10-11-29)14-15-2-6-18(7-3-15)30-21-9-4-16(23)13-25-21/h2-9,12-13,29H,10-11,14,24H2,1H3. The topological polar surface area (TPSA) is 89.4 Å². The zero-order valence-electron chi connectivity index (χ0n) is 16.5. The molecule has 2 heterocycles. The van der Waals surface area contributed by atoms with E-state index in [0.717, 1.165) is 22.5 Å². The Morgan fingerprint density at radius 2 is 1.93 bits per heavy atom. The SMILES string of the molecule is Cn1c(N(CCO)Cc2ccc(Oc3ccc(Cl)cn3)cc2)nc2ccc(N)cc21. The average Bonchev–Trinajstić information content (AvgIpc) is 3.07. The molecule has 0 unspecified atom stereocenters. The third kappa shape index (κ3) is 4.32. The smallest absolute Gasteiger partial charge is 0.219 e. The number of nitrogens with two attached hydrogens (primary N) is 1. The van der Waals surface area contributed by atoms with Crippen molar-refractivity contribution in [2.75, 3.05) is 23.8 Å². The molecular formula is C22H22ClN5O2. The molecule has 0 aliphatic carbocycles. The summed E-state index contributed by atoms with van der Waals surface area (Å²) < 4.78 is 7.74. The van der Waals surface area contributed by atoms with Crippen molar-refractivity contribution in [3.05, 3.63) is 71.4 Å². The van der Waals surface area contributed by atoms with Crippen molar-refractivity contribution >= 4 is 34.3 Å². The molecule has 0 saturated carbocycles. The second-order valence-corrected chi connectivity index (χ2v) is 7.36. The molecule has 4 aromatic rings. The Kier molecular flexibility index (Phi) is 5.74. The van der Waals surface area contributed by atoms with E-state index in [9.17, 15) is 5.11 Å². The first kappa shape index (κ1) is 20.0. The maximum atomic E-state index is 9.58. The fraction of sp³-hybridized carbons (Fsp3) is 0.182. The molecule has 3 N–H and O–H groups in total. The molecule has 4 rings (SSSR count). The lowest BCUT2D eigenvalue weighted by atomic mass is 10.2. The van der Waals surface area contributed by atoms with Gasteiger partial charge in [-0.15, -0.1) is 0 Å². The number of aryl methyl sites for hydroxylation is 1. The first-order valence-corrected chi connectivity index (χ1v) is 9.87. The van der Waals surface area contributed by atoms with E-state index in [2.05, 4.69) is 4.98 Å². The van der Waals surface area contributed by atoms with Gasteiger partial charge in [0.05, 0.1) is 22.7 Å². The van der Waals surface area contributed by atoms with E-state index >= 15 is 0 Å². The van der Waals surface area contributed by atoms with Crippen molar-refractivity contribution in [1.29, 1.82) is 0 Å². The largest absolute Gasteiger partial charge is 0.439 e. The molecule has 8 heteroatoms. The minimum absolute atomic E-state index is 0.0226. The fourth-order valence-corrected chi connectivity index (χ4v) is 3.39. The number of imidazole rings is 1. The van der Waals surface area contributed by atoms with Crippen LogP contribution in [-0.2, 0) is 13.6 Å². The number of pyridine rings is 1. The van der Waals surface area contributed by atoms with E-state index in [1.54, 1.807) is 18.3 Å². The van der Waals surface area contributed by atoms with Crippen molar-refractivity contribution in [3.63, 3.8) is 0 Å². The lowest BCUT2D eigenvalue weighted by molar-refractivity contribution is 0.300. The molecule has 0 atom stereocenters. The number of hydrogen-bond donors (Lipinski definition) is 2. The van der Waals surface area contributed by atoms with Crippen LogP contribution in [0.15, 0.2) is 60.8 Å². The van der Waals surface area contributed by atoms with Crippen molar-refractivity contribution in [2.45, 2.75) is 6.54 Å². The molecule has 0 spiro atoms. The van der Waals surface area contributed by atoms with Crippen molar-refractivity contribution in [3.8, 4) is 11.6 Å². The highest BCUT2D eigenvalue weighted by Gasteiger charge is 2.15. The van der Waals surface area contributed by atoms with Crippen LogP contribution in [0.4, 0.5) is 11.6 Å². The van der Waals surface area contributed by atoms with Gasteiger partial charge in [-0.2, -0.15) is 0 Å². The minimum atomic E-state index is 0.0226. The van der Waals surface area contributed by atoms with Crippen molar-refractivity contribution in [2.24, 2.45) is 7.05 Å². The minimum Gasteiger partial charge on any atom is -0.439 e. The lowest BCUT2D eigenvalue weighted by Crippen LogP contribution is -2.28. The van der Waals surface area contributed by atoms with Gasteiger partial charge < -0.3 is 25.0 Å². The third-order valence-electron chi connectivity index (χ3n) is 4.75. The van der Waals surface area contributed by atoms with Crippen LogP contribution >= 0.6 is 11.6 Å². The number of aliphatic hydroxyl groups excluding tert-OH is 1. The Hall–Kier alpha value is -3.29. The van der Waals surface area contributed by atoms with E-state index in [1.807, 2.05) is 59.0 Å². The Balaban J connectivity index is 1.53. The number of aromatic nitrogens is 3. The highest BCUT2D eigenvalue weighted by atomic mass is 35.5. The van der Waals surface area contributed by atoms with Crippen LogP contribution in [-0.4, -0.2) is 32.8 Å². The zero-order chi connectivity index (χ0) is 21.1. The van der Waals surface area contributed by atoms with Crippen LogP contribution in [0.3, 0.4) is 0 Å². The quantitative estimate of drug-likeness (QED) is 0.437. The first-order chi connectivity index (χ1) is 14.5. The molecule has 0 aliphatic heterocycles. The first-order valence-electron chi connectivity index (χ1n) is 9.49. The molecule has 0 bridgehead atoms. The third-order valence-corrected chi connectivity index (χ3v) is 4.98. The van der Waals surface area contributed by atoms with Gasteiger partial charge in [0.15, 0.2) is 0 Å². The Labute approximate surface area is 179 Å². The summed E-state index contributed by atoms with van der Waals surface area (Å²) in [6.45, 7) is 1.07. The van der Waals surface area contributed by atoms with Gasteiger partial charge in [0.25, 0.3) is 0 Å². The summed E-state index contributed by atoms with van der Waals surface area (Å²) in [5.74, 6) is 1.93. The van der Waals surface area contributed by atoms with Gasteiger partial charge >= 0.3 is 0 Å². The summed E-state index contributed by atoms with van der Waals surface area (Å²) in [5.41, 5.74) is 9.49. The van der Waals surface area contributed by atoms with E-state index in [4.69, 9.17) is 27.1 Å². The number of aliphatic hydroxyl groups is 1. The van der Waals surface area contributed by atoms with E-state index in [-0.39, 0.29) is 6.61 Å². The summed E-state index contributed by atoms with van der Waals surface area (Å²) in [4.78, 5) is 10.9. The van der Waals surface area contributed by atoms with Gasteiger partial charge in [-0.1, -0.05) is 23.7 Å². The number of fused-ring (bicyclic) bond motifs is 1. The summed E-state index contributed by atoms with van der Waals surface area (Å²) in [5, 5.41) is 10.1. The van der Waals surface area contributed by atoms with Crippen molar-refractivity contribution in [1.82, 2.24) is 14.5 Å². The molecule has 154 valence electrons. The van der Waals surface area contributed by atoms with Crippen LogP contribution in [0, 0.1) is 0 Å². The van der Waals surface area contributed by atoms with Gasteiger partial charge in [0.2, 0.25) is 11.8 Å². The molecule has 0 radical (unpaired) electrons. The second-order valence-electron chi connectivity index (χ2n) is 6.92. The number of nitrogen functional groups attached to an aromatic ring is 1. The number of halogens is 1. The van der Waals surface area contributed by atoms with Crippen LogP contribution < -0.4 is 15.4 Å². The lowest BCUT2D eigenvalue weighted by Gasteiger charge is -2.23. The number of benzene rings is 2. The molecule has 0 fully saturated rings. The van der Waals surface area contributed by atoms with E-state index in [0.29, 0.717) is 35.4 Å². The molecule has 30 heavy (non-hydrogen) atoms. The number of nitrogens with zero attached hydrogens (tertiary/aromatic N) is 4. The van der Waals surface area contributed by atoms with Gasteiger partial charge in [-0.05, 0) is 42.0 Å². The molecular weight excluding hydrogens is 402 g/mol. The van der Waals surface area contributed by atoms with Gasteiger partial charge in [0, 0.05) is 38.1 Å². The molecule has 0 aliphatic rings. The highest BCUT2D eigenvalue weighted by Crippen LogP contribution is 2.25. The number of ether oxygens (including phenoxy) is 1. The van der Waals surface area contributed by atoms with E-state index < -0.39 is 0 Å². The maximum Gasteiger partial charge on any atom is 0.219 e. The zero-order valence-corrected chi connectivity index (χ0v) is 17.3. The Morgan fingerprint density at radius 3 is 2.63 bits per heavy atom. The number of hydrogen-bond acceptors (Lipinski definition) is 6. The maximum absolute atomic E-state index is 9.58. The van der Waals surface area contributed by atoms with Gasteiger partial charge in [-0.3, -0.25) is 0 Å². The summed E-state index contributed by atoms with van der Waals surface area (Å²) in [7, 11) is 1.95. The predicted molar refractivity (Wildman–Crippen MR) is 119 cm³/mol. The van der Waals surface area contributed by atoms with Crippen LogP contribution in [0.1, 0.15) is 5.56 Å². The number of anilines is 2. The second kappa shape index (κ2) is 8.61. The van der Waals surface area contributed by atoms with Gasteiger partial charge in [-0.25, -0.2) is 9.97 Å². The fourth-order valence-electron chi connectivity index (χ4n) is 3.27. The summed E-state index contributed by atoms with van der Waals surface area (Å²) in [6, 6.07) is 16.8.